The summed E-state index contributed by atoms with van der Waals surface area (Å²) in [5.41, 5.74) is 0. The molecule has 0 spiro atoms. The van der Waals surface area contributed by atoms with Gasteiger partial charge in [0.25, 0.3) is 0 Å². The molecule has 8 nitrogen and oxygen atoms in total. The summed E-state index contributed by atoms with van der Waals surface area (Å²) in [6.45, 7) is 3.86. The first kappa shape index (κ1) is 20.5. The zero-order valence-electron chi connectivity index (χ0n) is 13.3. The van der Waals surface area contributed by atoms with E-state index in [1.165, 1.54) is 0 Å². The van der Waals surface area contributed by atoms with E-state index in [1.54, 1.807) is 13.8 Å². The van der Waals surface area contributed by atoms with Crippen LogP contribution in [0, 0.1) is 0 Å². The molecule has 0 aromatic rings. The fourth-order valence-corrected chi connectivity index (χ4v) is 1.51. The lowest BCUT2D eigenvalue weighted by Crippen LogP contribution is -2.30. The third kappa shape index (κ3) is 12.2. The van der Waals surface area contributed by atoms with Crippen LogP contribution in [0.2, 0.25) is 0 Å². The summed E-state index contributed by atoms with van der Waals surface area (Å²) in [5.74, 6) is 0. The van der Waals surface area contributed by atoms with Crippen LogP contribution in [0.4, 0.5) is 9.59 Å². The first-order valence-electron chi connectivity index (χ1n) is 7.60. The molecule has 2 unspecified atom stereocenters. The number of ether oxygens (including phenoxy) is 2. The molecule has 4 N–H and O–H groups in total. The summed E-state index contributed by atoms with van der Waals surface area (Å²) >= 11 is 0. The first-order chi connectivity index (χ1) is 10.5. The average molecular weight is 320 g/mol. The molecule has 0 aliphatic heterocycles. The molecule has 2 amide bonds. The fourth-order valence-electron chi connectivity index (χ4n) is 1.51. The Balaban J connectivity index is 3.37. The van der Waals surface area contributed by atoms with Gasteiger partial charge < -0.3 is 30.3 Å². The lowest BCUT2D eigenvalue weighted by Gasteiger charge is -2.11. The Kier molecular flexibility index (Phi) is 12.2. The standard InChI is InChI=1S/C14H28N2O6/c1-11(9-17)21-13(19)15-7-5-3-4-6-8-16-14(20)22-12(2)10-18/h11-12,17-18H,3-10H2,1-2H3,(H,15,19)(H,16,20). The van der Waals surface area contributed by atoms with Gasteiger partial charge in [0.2, 0.25) is 0 Å². The van der Waals surface area contributed by atoms with Gasteiger partial charge in [-0.1, -0.05) is 12.8 Å². The summed E-state index contributed by atoms with van der Waals surface area (Å²) in [4.78, 5) is 22.4. The van der Waals surface area contributed by atoms with Crippen LogP contribution >= 0.6 is 0 Å². The topological polar surface area (TPSA) is 117 Å². The molecule has 8 heteroatoms. The van der Waals surface area contributed by atoms with Gasteiger partial charge in [-0.3, -0.25) is 0 Å². The Bertz CT molecular complexity index is 284. The maximum Gasteiger partial charge on any atom is 0.407 e. The number of nitrogens with one attached hydrogen (secondary N) is 2. The lowest BCUT2D eigenvalue weighted by atomic mass is 10.2. The minimum atomic E-state index is -0.524. The Morgan fingerprint density at radius 3 is 1.50 bits per heavy atom. The molecule has 0 bridgehead atoms. The van der Waals surface area contributed by atoms with Crippen LogP contribution in [0.25, 0.3) is 0 Å². The fraction of sp³-hybridized carbons (Fsp3) is 0.857. The van der Waals surface area contributed by atoms with Crippen molar-refractivity contribution in [3.05, 3.63) is 0 Å². The minimum Gasteiger partial charge on any atom is -0.444 e. The van der Waals surface area contributed by atoms with Gasteiger partial charge in [-0.05, 0) is 26.7 Å². The van der Waals surface area contributed by atoms with Crippen LogP contribution in [-0.2, 0) is 9.47 Å². The van der Waals surface area contributed by atoms with Crippen LogP contribution < -0.4 is 10.6 Å². The molecule has 0 aromatic carbocycles. The molecule has 0 fully saturated rings. The largest absolute Gasteiger partial charge is 0.444 e. The molecule has 0 aliphatic rings. The molecule has 0 saturated carbocycles. The van der Waals surface area contributed by atoms with Gasteiger partial charge in [0.05, 0.1) is 13.2 Å². The van der Waals surface area contributed by atoms with Gasteiger partial charge in [-0.2, -0.15) is 0 Å². The molecule has 2 atom stereocenters. The zero-order valence-corrected chi connectivity index (χ0v) is 13.3. The first-order valence-corrected chi connectivity index (χ1v) is 7.60. The lowest BCUT2D eigenvalue weighted by molar-refractivity contribution is 0.0675. The number of hydrogen-bond donors (Lipinski definition) is 4. The van der Waals surface area contributed by atoms with Crippen molar-refractivity contribution in [2.45, 2.75) is 51.7 Å². The third-order valence-electron chi connectivity index (χ3n) is 2.77. The van der Waals surface area contributed by atoms with E-state index in [9.17, 15) is 9.59 Å². The summed E-state index contributed by atoms with van der Waals surface area (Å²) in [6, 6.07) is 0. The van der Waals surface area contributed by atoms with E-state index in [-0.39, 0.29) is 13.2 Å². The predicted octanol–water partition coefficient (Wildman–Crippen LogP) is 0.761. The second-order valence-corrected chi connectivity index (χ2v) is 5.06. The van der Waals surface area contributed by atoms with Crippen molar-refractivity contribution in [3.8, 4) is 0 Å². The third-order valence-corrected chi connectivity index (χ3v) is 2.77. The number of aliphatic hydroxyl groups excluding tert-OH is 2. The van der Waals surface area contributed by atoms with E-state index < -0.39 is 24.4 Å². The highest BCUT2D eigenvalue weighted by atomic mass is 16.6. The van der Waals surface area contributed by atoms with Crippen LogP contribution in [-0.4, -0.2) is 60.9 Å². The van der Waals surface area contributed by atoms with Gasteiger partial charge in [-0.25, -0.2) is 9.59 Å². The monoisotopic (exact) mass is 320 g/mol. The molecule has 0 aromatic heterocycles. The van der Waals surface area contributed by atoms with Crippen molar-refractivity contribution in [2.75, 3.05) is 26.3 Å². The Hall–Kier alpha value is -1.54. The number of carbonyl (C=O) groups excluding carboxylic acids is 2. The SMILES string of the molecule is CC(CO)OC(=O)NCCCCCCNC(=O)OC(C)CO. The second kappa shape index (κ2) is 13.1. The molecule has 0 aliphatic carbocycles. The van der Waals surface area contributed by atoms with E-state index in [0.717, 1.165) is 25.7 Å². The van der Waals surface area contributed by atoms with Crippen molar-refractivity contribution in [1.29, 1.82) is 0 Å². The number of amides is 2. The van der Waals surface area contributed by atoms with E-state index in [2.05, 4.69) is 10.6 Å². The van der Waals surface area contributed by atoms with Gasteiger partial charge in [-0.15, -0.1) is 0 Å². The number of carbonyl (C=O) groups is 2. The summed E-state index contributed by atoms with van der Waals surface area (Å²) < 4.78 is 9.67. The molecule has 0 saturated heterocycles. The van der Waals surface area contributed by atoms with Crippen molar-refractivity contribution < 1.29 is 29.3 Å². The van der Waals surface area contributed by atoms with Crippen LogP contribution in [0.15, 0.2) is 0 Å². The van der Waals surface area contributed by atoms with Gasteiger partial charge >= 0.3 is 12.2 Å². The minimum absolute atomic E-state index is 0.195. The van der Waals surface area contributed by atoms with Crippen molar-refractivity contribution >= 4 is 12.2 Å². The highest BCUT2D eigenvalue weighted by molar-refractivity contribution is 5.67. The van der Waals surface area contributed by atoms with Gasteiger partial charge in [0, 0.05) is 13.1 Å². The summed E-state index contributed by atoms with van der Waals surface area (Å²) in [6.07, 6.45) is 1.41. The molecular formula is C14H28N2O6. The average Bonchev–Trinajstić information content (AvgIpc) is 2.49. The molecule has 0 rings (SSSR count). The van der Waals surface area contributed by atoms with Crippen LogP contribution in [0.3, 0.4) is 0 Å². The van der Waals surface area contributed by atoms with Crippen LogP contribution in [0.5, 0.6) is 0 Å². The van der Waals surface area contributed by atoms with E-state index in [0.29, 0.717) is 13.1 Å². The number of unbranched alkanes of at least 4 members (excludes halogenated alkanes) is 3. The number of alkyl carbamates (subject to hydrolysis) is 2. The van der Waals surface area contributed by atoms with Gasteiger partial charge in [0.1, 0.15) is 12.2 Å². The van der Waals surface area contributed by atoms with E-state index in [1.807, 2.05) is 0 Å². The Morgan fingerprint density at radius 1 is 0.818 bits per heavy atom. The number of hydrogen-bond acceptors (Lipinski definition) is 6. The molecular weight excluding hydrogens is 292 g/mol. The molecule has 130 valence electrons. The molecule has 0 radical (unpaired) electrons. The maximum atomic E-state index is 11.2. The number of rotatable bonds is 11. The number of aliphatic hydroxyl groups is 2. The highest BCUT2D eigenvalue weighted by Crippen LogP contribution is 1.99. The van der Waals surface area contributed by atoms with E-state index >= 15 is 0 Å². The smallest absolute Gasteiger partial charge is 0.407 e. The molecule has 0 heterocycles. The summed E-state index contributed by atoms with van der Waals surface area (Å²) in [7, 11) is 0. The second-order valence-electron chi connectivity index (χ2n) is 5.06. The quantitative estimate of drug-likeness (QED) is 0.418. The van der Waals surface area contributed by atoms with Crippen molar-refractivity contribution in [3.63, 3.8) is 0 Å². The van der Waals surface area contributed by atoms with Gasteiger partial charge in [0.15, 0.2) is 0 Å². The van der Waals surface area contributed by atoms with Crippen LogP contribution in [0.1, 0.15) is 39.5 Å². The van der Waals surface area contributed by atoms with E-state index in [4.69, 9.17) is 19.7 Å². The molecule has 22 heavy (non-hydrogen) atoms. The normalized spacial score (nSPS) is 13.1. The Morgan fingerprint density at radius 2 is 1.18 bits per heavy atom. The van der Waals surface area contributed by atoms with Crippen molar-refractivity contribution in [1.82, 2.24) is 10.6 Å². The summed E-state index contributed by atoms with van der Waals surface area (Å²) in [5, 5.41) is 22.6. The Labute approximate surface area is 131 Å². The maximum absolute atomic E-state index is 11.2. The predicted molar refractivity (Wildman–Crippen MR) is 80.5 cm³/mol. The highest BCUT2D eigenvalue weighted by Gasteiger charge is 2.07. The zero-order chi connectivity index (χ0) is 16.8. The van der Waals surface area contributed by atoms with Crippen molar-refractivity contribution in [2.24, 2.45) is 0 Å².